The molecule has 2 rings (SSSR count). The zero-order valence-electron chi connectivity index (χ0n) is 13.6. The summed E-state index contributed by atoms with van der Waals surface area (Å²) in [6.45, 7) is 1.41. The van der Waals surface area contributed by atoms with Crippen molar-refractivity contribution in [2.45, 2.75) is 19.6 Å². The second-order valence-corrected chi connectivity index (χ2v) is 5.99. The number of carbonyl (C=O) groups is 1. The van der Waals surface area contributed by atoms with Crippen LogP contribution in [0.25, 0.3) is 0 Å². The van der Waals surface area contributed by atoms with E-state index in [1.807, 2.05) is 0 Å². The first-order valence-electron chi connectivity index (χ1n) is 7.31. The second-order valence-electron chi connectivity index (χ2n) is 5.07. The first-order chi connectivity index (χ1) is 11.9. The topological polar surface area (TPSA) is 87.9 Å². The highest BCUT2D eigenvalue weighted by Crippen LogP contribution is 2.25. The number of methoxy groups -OCH3 is 1. The van der Waals surface area contributed by atoms with Crippen LogP contribution in [0.4, 0.5) is 5.69 Å². The molecule has 0 heterocycles. The first kappa shape index (κ1) is 18.7. The van der Waals surface area contributed by atoms with Gasteiger partial charge in [0.1, 0.15) is 18.1 Å². The van der Waals surface area contributed by atoms with Crippen molar-refractivity contribution < 1.29 is 23.9 Å². The van der Waals surface area contributed by atoms with Gasteiger partial charge in [0.15, 0.2) is 6.10 Å². The van der Waals surface area contributed by atoms with Gasteiger partial charge in [-0.1, -0.05) is 15.9 Å². The Balaban J connectivity index is 2.00. The fourth-order valence-electron chi connectivity index (χ4n) is 2.02. The van der Waals surface area contributed by atoms with Crippen molar-refractivity contribution in [3.05, 3.63) is 62.6 Å². The summed E-state index contributed by atoms with van der Waals surface area (Å²) in [4.78, 5) is 22.4. The van der Waals surface area contributed by atoms with Crippen molar-refractivity contribution in [2.75, 3.05) is 7.11 Å². The van der Waals surface area contributed by atoms with E-state index in [2.05, 4.69) is 15.9 Å². The normalized spacial score (nSPS) is 11.5. The minimum Gasteiger partial charge on any atom is -0.496 e. The Morgan fingerprint density at radius 3 is 2.52 bits per heavy atom. The molecular formula is C17H16BrNO6. The Labute approximate surface area is 152 Å². The lowest BCUT2D eigenvalue weighted by molar-refractivity contribution is -0.385. The van der Waals surface area contributed by atoms with E-state index in [-0.39, 0.29) is 12.3 Å². The van der Waals surface area contributed by atoms with E-state index in [1.54, 1.807) is 31.2 Å². The lowest BCUT2D eigenvalue weighted by Gasteiger charge is -2.15. The molecule has 0 N–H and O–H groups in total. The summed E-state index contributed by atoms with van der Waals surface area (Å²) in [5, 5.41) is 10.9. The minimum atomic E-state index is -0.828. The van der Waals surface area contributed by atoms with E-state index < -0.39 is 17.0 Å². The number of nitro groups is 1. The van der Waals surface area contributed by atoms with Crippen LogP contribution in [0, 0.1) is 10.1 Å². The Hall–Kier alpha value is -2.61. The Morgan fingerprint density at radius 2 is 1.92 bits per heavy atom. The number of hydrogen-bond acceptors (Lipinski definition) is 6. The molecular weight excluding hydrogens is 394 g/mol. The van der Waals surface area contributed by atoms with Gasteiger partial charge in [0.2, 0.25) is 0 Å². The van der Waals surface area contributed by atoms with Crippen LogP contribution in [-0.2, 0) is 16.1 Å². The molecule has 0 amide bonds. The maximum absolute atomic E-state index is 12.1. The molecule has 0 aromatic heterocycles. The van der Waals surface area contributed by atoms with Crippen molar-refractivity contribution >= 4 is 27.6 Å². The molecule has 0 spiro atoms. The van der Waals surface area contributed by atoms with Gasteiger partial charge in [0, 0.05) is 22.2 Å². The van der Waals surface area contributed by atoms with Gasteiger partial charge in [0.05, 0.1) is 12.0 Å². The van der Waals surface area contributed by atoms with Crippen LogP contribution in [-0.4, -0.2) is 24.1 Å². The van der Waals surface area contributed by atoms with Crippen LogP contribution in [0.1, 0.15) is 12.5 Å². The number of nitrogens with zero attached hydrogens (tertiary/aromatic N) is 1. The van der Waals surface area contributed by atoms with E-state index in [1.165, 1.54) is 25.3 Å². The molecule has 25 heavy (non-hydrogen) atoms. The number of nitro benzene ring substituents is 1. The predicted octanol–water partition coefficient (Wildman–Crippen LogP) is 3.88. The average molecular weight is 410 g/mol. The number of carbonyl (C=O) groups excluding carboxylic acids is 1. The molecule has 2 aromatic rings. The summed E-state index contributed by atoms with van der Waals surface area (Å²) < 4.78 is 16.7. The van der Waals surface area contributed by atoms with Crippen molar-refractivity contribution in [3.63, 3.8) is 0 Å². The smallest absolute Gasteiger partial charge is 0.347 e. The molecule has 0 aliphatic rings. The van der Waals surface area contributed by atoms with Crippen LogP contribution < -0.4 is 9.47 Å². The number of non-ortho nitro benzene ring substituents is 1. The molecule has 2 aromatic carbocycles. The van der Waals surface area contributed by atoms with Crippen molar-refractivity contribution in [3.8, 4) is 11.5 Å². The lowest BCUT2D eigenvalue weighted by atomic mass is 10.2. The SMILES string of the molecule is COc1ccc([N+](=O)[O-])cc1COC(=O)C(C)Oc1ccc(Br)cc1. The number of halogens is 1. The summed E-state index contributed by atoms with van der Waals surface area (Å²) in [6, 6.07) is 11.1. The largest absolute Gasteiger partial charge is 0.496 e. The Bertz CT molecular complexity index is 762. The monoisotopic (exact) mass is 409 g/mol. The van der Waals surface area contributed by atoms with Gasteiger partial charge >= 0.3 is 5.97 Å². The van der Waals surface area contributed by atoms with Gasteiger partial charge in [-0.05, 0) is 37.3 Å². The molecule has 0 aliphatic heterocycles. The molecule has 0 fully saturated rings. The highest BCUT2D eigenvalue weighted by molar-refractivity contribution is 9.10. The molecule has 1 unspecified atom stereocenters. The molecule has 132 valence electrons. The molecule has 8 heteroatoms. The van der Waals surface area contributed by atoms with E-state index in [0.717, 1.165) is 4.47 Å². The summed E-state index contributed by atoms with van der Waals surface area (Å²) in [6.07, 6.45) is -0.828. The quantitative estimate of drug-likeness (QED) is 0.391. The fourth-order valence-corrected chi connectivity index (χ4v) is 2.29. The van der Waals surface area contributed by atoms with E-state index in [4.69, 9.17) is 14.2 Å². The van der Waals surface area contributed by atoms with Gasteiger partial charge in [-0.2, -0.15) is 0 Å². The summed E-state index contributed by atoms with van der Waals surface area (Å²) in [5.41, 5.74) is 0.298. The summed E-state index contributed by atoms with van der Waals surface area (Å²) >= 11 is 3.31. The zero-order valence-corrected chi connectivity index (χ0v) is 15.2. The van der Waals surface area contributed by atoms with Crippen molar-refractivity contribution in [1.82, 2.24) is 0 Å². The average Bonchev–Trinajstić information content (AvgIpc) is 2.61. The van der Waals surface area contributed by atoms with Crippen LogP contribution in [0.5, 0.6) is 11.5 Å². The highest BCUT2D eigenvalue weighted by atomic mass is 79.9. The summed E-state index contributed by atoms with van der Waals surface area (Å²) in [7, 11) is 1.44. The number of esters is 1. The molecule has 0 saturated heterocycles. The van der Waals surface area contributed by atoms with Gasteiger partial charge in [0.25, 0.3) is 5.69 Å². The highest BCUT2D eigenvalue weighted by Gasteiger charge is 2.18. The number of benzene rings is 2. The third-order valence-corrected chi connectivity index (χ3v) is 3.83. The molecule has 7 nitrogen and oxygen atoms in total. The predicted molar refractivity (Wildman–Crippen MR) is 93.7 cm³/mol. The zero-order chi connectivity index (χ0) is 18.4. The molecule has 0 bridgehead atoms. The number of hydrogen-bond donors (Lipinski definition) is 0. The van der Waals surface area contributed by atoms with Gasteiger partial charge in [-0.3, -0.25) is 10.1 Å². The maximum atomic E-state index is 12.1. The van der Waals surface area contributed by atoms with E-state index in [9.17, 15) is 14.9 Å². The molecule has 0 aliphatic carbocycles. The van der Waals surface area contributed by atoms with Gasteiger partial charge < -0.3 is 14.2 Å². The molecule has 1 atom stereocenters. The van der Waals surface area contributed by atoms with E-state index in [0.29, 0.717) is 17.1 Å². The third-order valence-electron chi connectivity index (χ3n) is 3.30. The number of rotatable bonds is 7. The van der Waals surface area contributed by atoms with E-state index >= 15 is 0 Å². The van der Waals surface area contributed by atoms with Gasteiger partial charge in [-0.15, -0.1) is 0 Å². The molecule has 0 saturated carbocycles. The molecule has 0 radical (unpaired) electrons. The Kier molecular flexibility index (Phi) is 6.35. The second kappa shape index (κ2) is 8.48. The minimum absolute atomic E-state index is 0.106. The van der Waals surface area contributed by atoms with Crippen LogP contribution in [0.2, 0.25) is 0 Å². The summed E-state index contributed by atoms with van der Waals surface area (Å²) in [5.74, 6) is 0.344. The Morgan fingerprint density at radius 1 is 1.24 bits per heavy atom. The van der Waals surface area contributed by atoms with Crippen molar-refractivity contribution in [1.29, 1.82) is 0 Å². The first-order valence-corrected chi connectivity index (χ1v) is 8.10. The maximum Gasteiger partial charge on any atom is 0.347 e. The van der Waals surface area contributed by atoms with Crippen LogP contribution in [0.3, 0.4) is 0 Å². The lowest BCUT2D eigenvalue weighted by Crippen LogP contribution is -2.26. The van der Waals surface area contributed by atoms with Crippen LogP contribution >= 0.6 is 15.9 Å². The van der Waals surface area contributed by atoms with Crippen LogP contribution in [0.15, 0.2) is 46.9 Å². The standard InChI is InChI=1S/C17H16BrNO6/c1-11(25-15-6-3-13(18)4-7-15)17(20)24-10-12-9-14(19(21)22)5-8-16(12)23-2/h3-9,11H,10H2,1-2H3. The third kappa shape index (κ3) is 5.18. The van der Waals surface area contributed by atoms with Gasteiger partial charge in [-0.25, -0.2) is 4.79 Å². The fraction of sp³-hybridized carbons (Fsp3) is 0.235. The van der Waals surface area contributed by atoms with Crippen molar-refractivity contribution in [2.24, 2.45) is 0 Å². The number of ether oxygens (including phenoxy) is 3.